The number of aryl methyl sites for hydroxylation is 3. The molecule has 2 amide bonds. The van der Waals surface area contributed by atoms with Crippen molar-refractivity contribution in [2.24, 2.45) is 7.05 Å². The van der Waals surface area contributed by atoms with E-state index in [0.717, 1.165) is 27.9 Å². The van der Waals surface area contributed by atoms with Gasteiger partial charge in [0.1, 0.15) is 0 Å². The molecule has 8 nitrogen and oxygen atoms in total. The molecule has 0 saturated heterocycles. The number of ether oxygens (including phenoxy) is 1. The number of amides is 2. The molecule has 0 bridgehead atoms. The van der Waals surface area contributed by atoms with Crippen LogP contribution in [-0.2, 0) is 18.3 Å². The SMILES string of the molecule is COc1nn(C)c2nc(C)c(CCC(=O)Nc3ccc(C(=O)N(C)C)c(Cl)c3)c(C)c12. The van der Waals surface area contributed by atoms with Crippen LogP contribution in [0, 0.1) is 13.8 Å². The maximum atomic E-state index is 12.5. The Hall–Kier alpha value is -3.13. The Labute approximate surface area is 186 Å². The summed E-state index contributed by atoms with van der Waals surface area (Å²) in [6.45, 7) is 3.92. The van der Waals surface area contributed by atoms with Crippen molar-refractivity contribution in [1.82, 2.24) is 19.7 Å². The van der Waals surface area contributed by atoms with Crippen LogP contribution in [0.3, 0.4) is 0 Å². The summed E-state index contributed by atoms with van der Waals surface area (Å²) in [5, 5.41) is 8.35. The Balaban J connectivity index is 1.75. The Morgan fingerprint density at radius 2 is 1.97 bits per heavy atom. The first-order valence-electron chi connectivity index (χ1n) is 9.81. The number of rotatable bonds is 6. The highest BCUT2D eigenvalue weighted by atomic mass is 35.5. The quantitative estimate of drug-likeness (QED) is 0.629. The van der Waals surface area contributed by atoms with E-state index in [9.17, 15) is 9.59 Å². The summed E-state index contributed by atoms with van der Waals surface area (Å²) >= 11 is 6.23. The van der Waals surface area contributed by atoms with Crippen molar-refractivity contribution in [1.29, 1.82) is 0 Å². The Bertz CT molecular complexity index is 1170. The fraction of sp³-hybridized carbons (Fsp3) is 0.364. The Morgan fingerprint density at radius 1 is 1.26 bits per heavy atom. The first-order chi connectivity index (χ1) is 14.6. The van der Waals surface area contributed by atoms with E-state index in [-0.39, 0.29) is 18.2 Å². The van der Waals surface area contributed by atoms with Gasteiger partial charge in [-0.1, -0.05) is 11.6 Å². The summed E-state index contributed by atoms with van der Waals surface area (Å²) < 4.78 is 7.08. The first kappa shape index (κ1) is 22.6. The van der Waals surface area contributed by atoms with Gasteiger partial charge in [-0.15, -0.1) is 5.10 Å². The second-order valence-corrected chi connectivity index (χ2v) is 7.98. The molecule has 0 fully saturated rings. The average Bonchev–Trinajstić information content (AvgIpc) is 3.03. The highest BCUT2D eigenvalue weighted by molar-refractivity contribution is 6.34. The third kappa shape index (κ3) is 4.49. The van der Waals surface area contributed by atoms with E-state index in [4.69, 9.17) is 16.3 Å². The molecule has 0 aliphatic heterocycles. The maximum Gasteiger partial charge on any atom is 0.254 e. The first-order valence-corrected chi connectivity index (χ1v) is 10.2. The van der Waals surface area contributed by atoms with Gasteiger partial charge in [-0.2, -0.15) is 0 Å². The van der Waals surface area contributed by atoms with Gasteiger partial charge < -0.3 is 15.0 Å². The molecule has 0 spiro atoms. The minimum atomic E-state index is -0.192. The lowest BCUT2D eigenvalue weighted by Crippen LogP contribution is -2.22. The van der Waals surface area contributed by atoms with Crippen LogP contribution in [0.1, 0.15) is 33.6 Å². The summed E-state index contributed by atoms with van der Waals surface area (Å²) in [6.07, 6.45) is 0.795. The van der Waals surface area contributed by atoms with Crippen LogP contribution in [0.4, 0.5) is 5.69 Å². The molecular formula is C22H26ClN5O3. The molecule has 2 heterocycles. The number of hydrogen-bond acceptors (Lipinski definition) is 5. The number of nitrogens with one attached hydrogen (secondary N) is 1. The second kappa shape index (κ2) is 8.93. The molecule has 0 aliphatic carbocycles. The molecule has 0 atom stereocenters. The van der Waals surface area contributed by atoms with E-state index in [1.807, 2.05) is 20.9 Å². The summed E-state index contributed by atoms with van der Waals surface area (Å²) in [5.74, 6) is 0.178. The van der Waals surface area contributed by atoms with Crippen LogP contribution < -0.4 is 10.1 Å². The lowest BCUT2D eigenvalue weighted by molar-refractivity contribution is -0.116. The lowest BCUT2D eigenvalue weighted by Gasteiger charge is -2.13. The number of hydrogen-bond donors (Lipinski definition) is 1. The molecule has 0 unspecified atom stereocenters. The van der Waals surface area contributed by atoms with Gasteiger partial charge in [0, 0.05) is 38.9 Å². The van der Waals surface area contributed by atoms with E-state index >= 15 is 0 Å². The largest absolute Gasteiger partial charge is 0.479 e. The molecule has 2 aromatic heterocycles. The van der Waals surface area contributed by atoms with Crippen LogP contribution in [0.25, 0.3) is 11.0 Å². The van der Waals surface area contributed by atoms with Crippen molar-refractivity contribution in [3.63, 3.8) is 0 Å². The standard InChI is InChI=1S/C22H26ClN5O3/c1-12-15(13(2)24-20-19(12)21(31-6)26-28(20)5)9-10-18(29)25-14-7-8-16(17(23)11-14)22(30)27(3)4/h7-8,11H,9-10H2,1-6H3,(H,25,29). The minimum absolute atomic E-state index is 0.153. The fourth-order valence-electron chi connectivity index (χ4n) is 3.58. The summed E-state index contributed by atoms with van der Waals surface area (Å²) in [6, 6.07) is 4.87. The van der Waals surface area contributed by atoms with Crippen LogP contribution in [0.2, 0.25) is 5.02 Å². The van der Waals surface area contributed by atoms with Gasteiger partial charge in [0.2, 0.25) is 11.8 Å². The van der Waals surface area contributed by atoms with Crippen LogP contribution in [0.5, 0.6) is 5.88 Å². The van der Waals surface area contributed by atoms with E-state index in [2.05, 4.69) is 15.4 Å². The molecule has 1 aromatic carbocycles. The number of carbonyl (C=O) groups is 2. The van der Waals surface area contributed by atoms with Crippen molar-refractivity contribution in [2.75, 3.05) is 26.5 Å². The third-order valence-corrected chi connectivity index (χ3v) is 5.52. The van der Waals surface area contributed by atoms with E-state index in [1.165, 1.54) is 4.90 Å². The molecule has 3 rings (SSSR count). The highest BCUT2D eigenvalue weighted by Gasteiger charge is 2.19. The van der Waals surface area contributed by atoms with Gasteiger partial charge in [-0.3, -0.25) is 9.59 Å². The van der Waals surface area contributed by atoms with Crippen molar-refractivity contribution >= 4 is 40.1 Å². The predicted octanol–water partition coefficient (Wildman–Crippen LogP) is 3.52. The smallest absolute Gasteiger partial charge is 0.254 e. The van der Waals surface area contributed by atoms with E-state index in [0.29, 0.717) is 28.6 Å². The average molecular weight is 444 g/mol. The third-order valence-electron chi connectivity index (χ3n) is 5.21. The number of fused-ring (bicyclic) bond motifs is 1. The Morgan fingerprint density at radius 3 is 2.58 bits per heavy atom. The molecule has 0 aliphatic rings. The van der Waals surface area contributed by atoms with Gasteiger partial charge in [-0.25, -0.2) is 9.67 Å². The topological polar surface area (TPSA) is 89.3 Å². The number of aromatic nitrogens is 3. The monoisotopic (exact) mass is 443 g/mol. The number of anilines is 1. The number of halogens is 1. The molecule has 31 heavy (non-hydrogen) atoms. The molecule has 164 valence electrons. The molecule has 0 saturated carbocycles. The molecular weight excluding hydrogens is 418 g/mol. The fourth-order valence-corrected chi connectivity index (χ4v) is 3.84. The van der Waals surface area contributed by atoms with E-state index < -0.39 is 0 Å². The highest BCUT2D eigenvalue weighted by Crippen LogP contribution is 2.30. The summed E-state index contributed by atoms with van der Waals surface area (Å²) in [4.78, 5) is 30.7. The maximum absolute atomic E-state index is 12.5. The zero-order valence-corrected chi connectivity index (χ0v) is 19.3. The van der Waals surface area contributed by atoms with Gasteiger partial charge in [0.25, 0.3) is 5.91 Å². The molecule has 9 heteroatoms. The van der Waals surface area contributed by atoms with Crippen molar-refractivity contribution in [2.45, 2.75) is 26.7 Å². The molecule has 1 N–H and O–H groups in total. The number of benzene rings is 1. The van der Waals surface area contributed by atoms with E-state index in [1.54, 1.807) is 44.1 Å². The van der Waals surface area contributed by atoms with Crippen molar-refractivity contribution in [3.8, 4) is 5.88 Å². The number of carbonyl (C=O) groups excluding carboxylic acids is 2. The van der Waals surface area contributed by atoms with Gasteiger partial charge in [0.05, 0.1) is 23.1 Å². The minimum Gasteiger partial charge on any atom is -0.479 e. The van der Waals surface area contributed by atoms with Gasteiger partial charge in [0.15, 0.2) is 5.65 Å². The number of nitrogens with zero attached hydrogens (tertiary/aromatic N) is 4. The second-order valence-electron chi connectivity index (χ2n) is 7.57. The predicted molar refractivity (Wildman–Crippen MR) is 121 cm³/mol. The van der Waals surface area contributed by atoms with Crippen LogP contribution >= 0.6 is 11.6 Å². The summed E-state index contributed by atoms with van der Waals surface area (Å²) in [5.41, 5.74) is 4.55. The normalized spacial score (nSPS) is 10.9. The number of pyridine rings is 1. The van der Waals surface area contributed by atoms with Crippen LogP contribution in [0.15, 0.2) is 18.2 Å². The van der Waals surface area contributed by atoms with Crippen LogP contribution in [-0.4, -0.2) is 52.7 Å². The summed E-state index contributed by atoms with van der Waals surface area (Å²) in [7, 11) is 6.72. The zero-order chi connectivity index (χ0) is 22.9. The lowest BCUT2D eigenvalue weighted by atomic mass is 10.00. The van der Waals surface area contributed by atoms with Crippen molar-refractivity contribution in [3.05, 3.63) is 45.6 Å². The zero-order valence-electron chi connectivity index (χ0n) is 18.5. The van der Waals surface area contributed by atoms with Crippen molar-refractivity contribution < 1.29 is 14.3 Å². The number of methoxy groups -OCH3 is 1. The van der Waals surface area contributed by atoms with Gasteiger partial charge in [-0.05, 0) is 49.6 Å². The Kier molecular flexibility index (Phi) is 6.50. The molecule has 3 aromatic rings. The van der Waals surface area contributed by atoms with Gasteiger partial charge >= 0.3 is 0 Å². The molecule has 0 radical (unpaired) electrons.